The summed E-state index contributed by atoms with van der Waals surface area (Å²) in [5, 5.41) is 0. The number of piperazine rings is 1. The molecule has 30 heavy (non-hydrogen) atoms. The van der Waals surface area contributed by atoms with Crippen LogP contribution in [0.4, 0.5) is 18.9 Å². The molecule has 0 atom stereocenters. The van der Waals surface area contributed by atoms with Crippen molar-refractivity contribution in [3.63, 3.8) is 0 Å². The molecule has 1 heterocycles. The normalized spacial score (nSPS) is 14.7. The lowest BCUT2D eigenvalue weighted by Crippen LogP contribution is -2.48. The highest BCUT2D eigenvalue weighted by atomic mass is 19.4. The Bertz CT molecular complexity index is 878. The van der Waals surface area contributed by atoms with Gasteiger partial charge in [-0.25, -0.2) is 0 Å². The van der Waals surface area contributed by atoms with Gasteiger partial charge in [0, 0.05) is 50.1 Å². The van der Waals surface area contributed by atoms with Gasteiger partial charge in [-0.2, -0.15) is 13.2 Å². The van der Waals surface area contributed by atoms with Crippen molar-refractivity contribution < 1.29 is 27.4 Å². The van der Waals surface area contributed by atoms with E-state index in [2.05, 4.69) is 0 Å². The lowest BCUT2D eigenvalue weighted by atomic mass is 10.1. The maximum atomic E-state index is 13.0. The molecule has 3 rings (SSSR count). The van der Waals surface area contributed by atoms with E-state index in [0.717, 1.165) is 17.7 Å². The number of benzene rings is 2. The van der Waals surface area contributed by atoms with E-state index in [9.17, 15) is 18.0 Å². The zero-order chi connectivity index (χ0) is 21.7. The molecular weight excluding hydrogens is 397 g/mol. The summed E-state index contributed by atoms with van der Waals surface area (Å²) in [4.78, 5) is 16.5. The first-order valence-corrected chi connectivity index (χ1v) is 9.79. The van der Waals surface area contributed by atoms with Gasteiger partial charge in [0.05, 0.1) is 18.8 Å². The fraction of sp³-hybridized carbons (Fsp3) is 0.409. The molecular formula is C22H25F3N2O3. The number of anilines is 1. The fourth-order valence-electron chi connectivity index (χ4n) is 3.51. The molecule has 0 bridgehead atoms. The molecule has 8 heteroatoms. The van der Waals surface area contributed by atoms with Crippen LogP contribution in [-0.4, -0.2) is 50.7 Å². The van der Waals surface area contributed by atoms with Gasteiger partial charge in [-0.15, -0.1) is 0 Å². The summed E-state index contributed by atoms with van der Waals surface area (Å²) in [5.41, 5.74) is 1.18. The molecule has 1 saturated heterocycles. The number of carbonyl (C=O) groups is 1. The van der Waals surface area contributed by atoms with Crippen LogP contribution in [0.15, 0.2) is 42.5 Å². The largest absolute Gasteiger partial charge is 0.494 e. The number of nitrogens with zero attached hydrogens (tertiary/aromatic N) is 2. The van der Waals surface area contributed by atoms with Crippen LogP contribution in [0.5, 0.6) is 5.75 Å². The molecule has 5 nitrogen and oxygen atoms in total. The molecule has 0 radical (unpaired) electrons. The quantitative estimate of drug-likeness (QED) is 0.699. The molecule has 0 spiro atoms. The molecule has 2 aromatic rings. The Morgan fingerprint density at radius 3 is 2.43 bits per heavy atom. The highest BCUT2D eigenvalue weighted by Gasteiger charge is 2.31. The van der Waals surface area contributed by atoms with E-state index >= 15 is 0 Å². The summed E-state index contributed by atoms with van der Waals surface area (Å²) < 4.78 is 49.7. The summed E-state index contributed by atoms with van der Waals surface area (Å²) >= 11 is 0. The Hall–Kier alpha value is -2.74. The third-order valence-corrected chi connectivity index (χ3v) is 5.01. The second kappa shape index (κ2) is 9.38. The lowest BCUT2D eigenvalue weighted by molar-refractivity contribution is -0.137. The Balaban J connectivity index is 1.68. The number of hydrogen-bond donors (Lipinski definition) is 0. The molecule has 162 valence electrons. The number of methoxy groups -OCH3 is 1. The minimum Gasteiger partial charge on any atom is -0.494 e. The second-order valence-corrected chi connectivity index (χ2v) is 7.02. The molecule has 2 aromatic carbocycles. The predicted octanol–water partition coefficient (Wildman–Crippen LogP) is 4.21. The van der Waals surface area contributed by atoms with Gasteiger partial charge < -0.3 is 19.3 Å². The minimum atomic E-state index is -4.37. The zero-order valence-electron chi connectivity index (χ0n) is 17.0. The van der Waals surface area contributed by atoms with Crippen molar-refractivity contribution in [3.8, 4) is 5.75 Å². The predicted molar refractivity (Wildman–Crippen MR) is 108 cm³/mol. The number of hydrogen-bond acceptors (Lipinski definition) is 4. The average molecular weight is 422 g/mol. The van der Waals surface area contributed by atoms with E-state index in [1.54, 1.807) is 36.3 Å². The van der Waals surface area contributed by atoms with Gasteiger partial charge in [0.15, 0.2) is 0 Å². The number of ether oxygens (including phenoxy) is 2. The van der Waals surface area contributed by atoms with Crippen LogP contribution in [0, 0.1) is 0 Å². The Morgan fingerprint density at radius 2 is 1.80 bits per heavy atom. The van der Waals surface area contributed by atoms with E-state index in [-0.39, 0.29) is 5.91 Å². The van der Waals surface area contributed by atoms with Gasteiger partial charge in [0.1, 0.15) is 5.75 Å². The van der Waals surface area contributed by atoms with Gasteiger partial charge in [-0.1, -0.05) is 6.07 Å². The Kier molecular flexibility index (Phi) is 6.87. The van der Waals surface area contributed by atoms with Crippen LogP contribution >= 0.6 is 0 Å². The van der Waals surface area contributed by atoms with E-state index in [4.69, 9.17) is 9.47 Å². The number of carbonyl (C=O) groups excluding carboxylic acids is 1. The molecule has 0 N–H and O–H groups in total. The molecule has 0 aliphatic carbocycles. The number of halogens is 3. The van der Waals surface area contributed by atoms with Crippen LogP contribution in [0.25, 0.3) is 0 Å². The van der Waals surface area contributed by atoms with Crippen LogP contribution < -0.4 is 9.64 Å². The molecule has 0 saturated carbocycles. The van der Waals surface area contributed by atoms with Crippen molar-refractivity contribution in [1.29, 1.82) is 0 Å². The van der Waals surface area contributed by atoms with Crippen molar-refractivity contribution in [2.24, 2.45) is 0 Å². The van der Waals surface area contributed by atoms with Crippen molar-refractivity contribution in [1.82, 2.24) is 4.90 Å². The van der Waals surface area contributed by atoms with Crippen molar-refractivity contribution >= 4 is 11.6 Å². The topological polar surface area (TPSA) is 42.0 Å². The second-order valence-electron chi connectivity index (χ2n) is 7.02. The lowest BCUT2D eigenvalue weighted by Gasteiger charge is -2.36. The van der Waals surface area contributed by atoms with Gasteiger partial charge in [-0.3, -0.25) is 4.79 Å². The highest BCUT2D eigenvalue weighted by molar-refractivity contribution is 5.94. The standard InChI is InChI=1S/C22H25F3N2O3/c1-3-30-20-8-7-16(13-17(20)15-29-2)21(28)27-11-9-26(10-12-27)19-6-4-5-18(14-19)22(23,24)25/h4-8,13-14H,3,9-12,15H2,1-2H3. The first-order chi connectivity index (χ1) is 14.3. The molecule has 1 aliphatic rings. The number of rotatable bonds is 6. The van der Waals surface area contributed by atoms with E-state index in [1.165, 1.54) is 6.07 Å². The third-order valence-electron chi connectivity index (χ3n) is 5.01. The van der Waals surface area contributed by atoms with Crippen LogP contribution in [0.3, 0.4) is 0 Å². The molecule has 1 amide bonds. The van der Waals surface area contributed by atoms with Crippen LogP contribution in [-0.2, 0) is 17.5 Å². The van der Waals surface area contributed by atoms with Crippen LogP contribution in [0.2, 0.25) is 0 Å². The van der Waals surface area contributed by atoms with Gasteiger partial charge in [0.2, 0.25) is 0 Å². The summed E-state index contributed by atoms with van der Waals surface area (Å²) in [7, 11) is 1.58. The molecule has 0 aromatic heterocycles. The first kappa shape index (κ1) is 22.0. The van der Waals surface area contributed by atoms with Crippen molar-refractivity contribution in [2.75, 3.05) is 44.8 Å². The van der Waals surface area contributed by atoms with Crippen LogP contribution in [0.1, 0.15) is 28.4 Å². The summed E-state index contributed by atoms with van der Waals surface area (Å²) in [6.45, 7) is 4.54. The van der Waals surface area contributed by atoms with Gasteiger partial charge >= 0.3 is 6.18 Å². The Morgan fingerprint density at radius 1 is 1.07 bits per heavy atom. The first-order valence-electron chi connectivity index (χ1n) is 9.79. The van der Waals surface area contributed by atoms with Crippen molar-refractivity contribution in [3.05, 3.63) is 59.2 Å². The van der Waals surface area contributed by atoms with Gasteiger partial charge in [-0.05, 0) is 43.3 Å². The van der Waals surface area contributed by atoms with E-state index in [1.807, 2.05) is 11.8 Å². The highest BCUT2D eigenvalue weighted by Crippen LogP contribution is 2.32. The summed E-state index contributed by atoms with van der Waals surface area (Å²) in [6.07, 6.45) is -4.37. The van der Waals surface area contributed by atoms with Gasteiger partial charge in [0.25, 0.3) is 5.91 Å². The van der Waals surface area contributed by atoms with Crippen molar-refractivity contribution in [2.45, 2.75) is 19.7 Å². The summed E-state index contributed by atoms with van der Waals surface area (Å²) in [6, 6.07) is 10.6. The maximum absolute atomic E-state index is 13.0. The zero-order valence-corrected chi connectivity index (χ0v) is 17.0. The van der Waals surface area contributed by atoms with E-state index in [0.29, 0.717) is 56.4 Å². The molecule has 1 fully saturated rings. The monoisotopic (exact) mass is 422 g/mol. The number of alkyl halides is 3. The average Bonchev–Trinajstić information content (AvgIpc) is 2.74. The summed E-state index contributed by atoms with van der Waals surface area (Å²) in [5.74, 6) is 0.573. The smallest absolute Gasteiger partial charge is 0.416 e. The minimum absolute atomic E-state index is 0.112. The Labute approximate surface area is 174 Å². The SMILES string of the molecule is CCOc1ccc(C(=O)N2CCN(c3cccc(C(F)(F)F)c3)CC2)cc1COC. The fourth-order valence-corrected chi connectivity index (χ4v) is 3.51. The maximum Gasteiger partial charge on any atom is 0.416 e. The van der Waals surface area contributed by atoms with E-state index < -0.39 is 11.7 Å². The molecule has 1 aliphatic heterocycles. The third kappa shape index (κ3) is 5.05. The number of amides is 1. The molecule has 0 unspecified atom stereocenters.